The second-order valence-electron chi connectivity index (χ2n) is 9.53. The first-order valence-corrected chi connectivity index (χ1v) is 15.3. The molecule has 240 valence electrons. The Bertz CT molecular complexity index is 1780. The molecule has 0 radical (unpaired) electrons. The first-order chi connectivity index (χ1) is 22.1. The van der Waals surface area contributed by atoms with Crippen LogP contribution in [0.25, 0.3) is 0 Å². The van der Waals surface area contributed by atoms with Gasteiger partial charge in [-0.1, -0.05) is 0 Å². The molecule has 4 rings (SSSR count). The second-order valence-corrected chi connectivity index (χ2v) is 11.4. The Balaban J connectivity index is 1.44. The van der Waals surface area contributed by atoms with Gasteiger partial charge in [0.25, 0.3) is 21.6 Å². The minimum atomic E-state index is -4.25. The number of hydrogen-bond acceptors (Lipinski definition) is 10. The SMILES string of the molecule is CCOc1ccc(N(CC(=O)N/N=C\c2ccc(OCc3ccc([N+](=O)[O-])cc3)cc2)S(=O)(=O)c2ccc(OC)c(OC)c2)cc1. The Hall–Kier alpha value is -5.63. The zero-order valence-electron chi connectivity index (χ0n) is 25.3. The zero-order chi connectivity index (χ0) is 33.1. The summed E-state index contributed by atoms with van der Waals surface area (Å²) in [5.74, 6) is 0.993. The summed E-state index contributed by atoms with van der Waals surface area (Å²) in [6.07, 6.45) is 1.40. The molecule has 0 aliphatic rings. The number of carbonyl (C=O) groups is 1. The summed E-state index contributed by atoms with van der Waals surface area (Å²) < 4.78 is 50.3. The van der Waals surface area contributed by atoms with Crippen LogP contribution in [0.2, 0.25) is 0 Å². The Morgan fingerprint density at radius 1 is 0.891 bits per heavy atom. The molecular weight excluding hydrogens is 616 g/mol. The number of nitro groups is 1. The van der Waals surface area contributed by atoms with Gasteiger partial charge in [-0.3, -0.25) is 19.2 Å². The van der Waals surface area contributed by atoms with Crippen molar-refractivity contribution in [2.24, 2.45) is 5.10 Å². The summed E-state index contributed by atoms with van der Waals surface area (Å²) in [5, 5.41) is 14.8. The summed E-state index contributed by atoms with van der Waals surface area (Å²) in [7, 11) is -1.41. The molecule has 0 saturated heterocycles. The van der Waals surface area contributed by atoms with Crippen molar-refractivity contribution in [1.82, 2.24) is 5.43 Å². The van der Waals surface area contributed by atoms with E-state index in [1.54, 1.807) is 60.7 Å². The minimum Gasteiger partial charge on any atom is -0.494 e. The predicted octanol–water partition coefficient (Wildman–Crippen LogP) is 4.94. The first kappa shape index (κ1) is 33.3. The van der Waals surface area contributed by atoms with Gasteiger partial charge in [-0.2, -0.15) is 5.10 Å². The third kappa shape index (κ3) is 8.51. The highest BCUT2D eigenvalue weighted by atomic mass is 32.2. The highest BCUT2D eigenvalue weighted by Gasteiger charge is 2.28. The zero-order valence-corrected chi connectivity index (χ0v) is 26.1. The topological polar surface area (TPSA) is 159 Å². The number of nitro benzene ring substituents is 1. The Labute approximate surface area is 266 Å². The first-order valence-electron chi connectivity index (χ1n) is 13.9. The Morgan fingerprint density at radius 3 is 2.13 bits per heavy atom. The minimum absolute atomic E-state index is 0.00267. The number of amides is 1. The van der Waals surface area contributed by atoms with Gasteiger partial charge in [0, 0.05) is 18.2 Å². The van der Waals surface area contributed by atoms with E-state index in [1.165, 1.54) is 50.8 Å². The number of nitrogens with zero attached hydrogens (tertiary/aromatic N) is 3. The van der Waals surface area contributed by atoms with Gasteiger partial charge in [-0.05, 0) is 90.8 Å². The van der Waals surface area contributed by atoms with E-state index in [0.717, 1.165) is 9.87 Å². The van der Waals surface area contributed by atoms with Crippen LogP contribution >= 0.6 is 0 Å². The van der Waals surface area contributed by atoms with Crippen molar-refractivity contribution in [3.8, 4) is 23.0 Å². The fourth-order valence-electron chi connectivity index (χ4n) is 4.17. The molecule has 0 aliphatic carbocycles. The largest absolute Gasteiger partial charge is 0.494 e. The maximum absolute atomic E-state index is 13.8. The van der Waals surface area contributed by atoms with Crippen LogP contribution in [-0.2, 0) is 21.4 Å². The number of hydrazone groups is 1. The Morgan fingerprint density at radius 2 is 1.52 bits per heavy atom. The lowest BCUT2D eigenvalue weighted by atomic mass is 10.2. The van der Waals surface area contributed by atoms with Gasteiger partial charge in [0.2, 0.25) is 0 Å². The van der Waals surface area contributed by atoms with Crippen LogP contribution in [0.4, 0.5) is 11.4 Å². The summed E-state index contributed by atoms with van der Waals surface area (Å²) in [5.41, 5.74) is 4.03. The predicted molar refractivity (Wildman–Crippen MR) is 171 cm³/mol. The number of carbonyl (C=O) groups excluding carboxylic acids is 1. The molecule has 0 spiro atoms. The molecule has 0 aliphatic heterocycles. The van der Waals surface area contributed by atoms with E-state index in [1.807, 2.05) is 6.92 Å². The lowest BCUT2D eigenvalue weighted by Crippen LogP contribution is -2.39. The maximum Gasteiger partial charge on any atom is 0.269 e. The molecule has 1 N–H and O–H groups in total. The van der Waals surface area contributed by atoms with E-state index in [-0.39, 0.29) is 28.6 Å². The third-order valence-electron chi connectivity index (χ3n) is 6.50. The number of benzene rings is 4. The number of ether oxygens (including phenoxy) is 4. The van der Waals surface area contributed by atoms with Gasteiger partial charge < -0.3 is 18.9 Å². The van der Waals surface area contributed by atoms with Crippen LogP contribution in [0.3, 0.4) is 0 Å². The third-order valence-corrected chi connectivity index (χ3v) is 8.27. The number of non-ortho nitro benzene ring substituents is 1. The molecule has 4 aromatic carbocycles. The van der Waals surface area contributed by atoms with Crippen molar-refractivity contribution in [2.75, 3.05) is 31.7 Å². The van der Waals surface area contributed by atoms with E-state index in [9.17, 15) is 23.3 Å². The van der Waals surface area contributed by atoms with Crippen molar-refractivity contribution in [3.63, 3.8) is 0 Å². The van der Waals surface area contributed by atoms with Crippen molar-refractivity contribution >= 4 is 33.5 Å². The van der Waals surface area contributed by atoms with Crippen molar-refractivity contribution in [1.29, 1.82) is 0 Å². The summed E-state index contributed by atoms with van der Waals surface area (Å²) in [6, 6.07) is 23.4. The molecule has 14 heteroatoms. The smallest absolute Gasteiger partial charge is 0.269 e. The standard InChI is InChI=1S/C32H32N4O9S/c1-4-44-27-15-11-25(12-16-27)35(46(40,41)29-17-18-30(42-2)31(19-29)43-3)21-32(37)34-33-20-23-7-13-28(14-8-23)45-22-24-5-9-26(10-6-24)36(38)39/h5-20H,4,21-22H2,1-3H3,(H,34,37)/b33-20-. The number of nitrogens with one attached hydrogen (secondary N) is 1. The van der Waals surface area contributed by atoms with E-state index < -0.39 is 27.4 Å². The average Bonchev–Trinajstić information content (AvgIpc) is 3.07. The molecule has 0 saturated carbocycles. The van der Waals surface area contributed by atoms with Gasteiger partial charge in [0.05, 0.1) is 42.5 Å². The molecule has 0 bridgehead atoms. The van der Waals surface area contributed by atoms with E-state index in [0.29, 0.717) is 29.4 Å². The average molecular weight is 649 g/mol. The number of anilines is 1. The molecular formula is C32H32N4O9S. The molecule has 0 unspecified atom stereocenters. The summed E-state index contributed by atoms with van der Waals surface area (Å²) >= 11 is 0. The molecule has 0 atom stereocenters. The van der Waals surface area contributed by atoms with E-state index in [4.69, 9.17) is 18.9 Å². The maximum atomic E-state index is 13.8. The van der Waals surface area contributed by atoms with E-state index >= 15 is 0 Å². The van der Waals surface area contributed by atoms with Crippen LogP contribution in [0.15, 0.2) is 101 Å². The summed E-state index contributed by atoms with van der Waals surface area (Å²) in [6.45, 7) is 1.92. The molecule has 0 aromatic heterocycles. The number of hydrogen-bond donors (Lipinski definition) is 1. The highest BCUT2D eigenvalue weighted by molar-refractivity contribution is 7.92. The Kier molecular flexibility index (Phi) is 11.1. The number of sulfonamides is 1. The number of rotatable bonds is 15. The lowest BCUT2D eigenvalue weighted by molar-refractivity contribution is -0.384. The monoisotopic (exact) mass is 648 g/mol. The van der Waals surface area contributed by atoms with Crippen LogP contribution in [0, 0.1) is 10.1 Å². The van der Waals surface area contributed by atoms with Gasteiger partial charge in [0.1, 0.15) is 24.7 Å². The fourth-order valence-corrected chi connectivity index (χ4v) is 5.61. The van der Waals surface area contributed by atoms with Crippen LogP contribution in [0.1, 0.15) is 18.1 Å². The molecule has 0 fully saturated rings. The van der Waals surface area contributed by atoms with Crippen LogP contribution < -0.4 is 28.7 Å². The second kappa shape index (κ2) is 15.4. The van der Waals surface area contributed by atoms with Gasteiger partial charge in [0.15, 0.2) is 11.5 Å². The van der Waals surface area contributed by atoms with Gasteiger partial charge in [-0.25, -0.2) is 13.8 Å². The van der Waals surface area contributed by atoms with E-state index in [2.05, 4.69) is 10.5 Å². The van der Waals surface area contributed by atoms with Gasteiger partial charge >= 0.3 is 0 Å². The molecule has 46 heavy (non-hydrogen) atoms. The number of methoxy groups -OCH3 is 2. The normalized spacial score (nSPS) is 11.1. The van der Waals surface area contributed by atoms with Crippen LogP contribution in [-0.4, -0.2) is 52.8 Å². The highest BCUT2D eigenvalue weighted by Crippen LogP contribution is 2.32. The lowest BCUT2D eigenvalue weighted by Gasteiger charge is -2.24. The molecule has 4 aromatic rings. The van der Waals surface area contributed by atoms with Crippen LogP contribution in [0.5, 0.6) is 23.0 Å². The van der Waals surface area contributed by atoms with Crippen molar-refractivity contribution < 1.29 is 37.1 Å². The van der Waals surface area contributed by atoms with Crippen molar-refractivity contribution in [2.45, 2.75) is 18.4 Å². The molecule has 0 heterocycles. The summed E-state index contributed by atoms with van der Waals surface area (Å²) in [4.78, 5) is 23.2. The quantitative estimate of drug-likeness (QED) is 0.107. The molecule has 1 amide bonds. The van der Waals surface area contributed by atoms with Gasteiger partial charge in [-0.15, -0.1) is 0 Å². The molecule has 13 nitrogen and oxygen atoms in total. The van der Waals surface area contributed by atoms with Crippen molar-refractivity contribution in [3.05, 3.63) is 112 Å². The fraction of sp³-hybridized carbons (Fsp3) is 0.188.